The van der Waals surface area contributed by atoms with Crippen LogP contribution in [0.3, 0.4) is 0 Å². The van der Waals surface area contributed by atoms with Gasteiger partial charge in [-0.15, -0.1) is 0 Å². The van der Waals surface area contributed by atoms with E-state index < -0.39 is 19.3 Å². The average Bonchev–Trinajstić information content (AvgIpc) is 2.28. The van der Waals surface area contributed by atoms with Crippen molar-refractivity contribution < 1.29 is 26.3 Å². The number of rotatable bonds is 0. The summed E-state index contributed by atoms with van der Waals surface area (Å²) in [4.78, 5) is -0.721. The average molecular weight is 206 g/mol. The van der Waals surface area contributed by atoms with Crippen molar-refractivity contribution in [2.75, 3.05) is 6.67 Å². The first-order valence-corrected chi connectivity index (χ1v) is 3.06. The first kappa shape index (κ1) is 10.0. The van der Waals surface area contributed by atoms with Gasteiger partial charge in [-0.05, 0) is 0 Å². The van der Waals surface area contributed by atoms with Crippen LogP contribution in [0.1, 0.15) is 0 Å². The Morgan fingerprint density at radius 3 is 1.23 bits per heavy atom. The molecule has 0 atom stereocenters. The van der Waals surface area contributed by atoms with E-state index in [-0.39, 0.29) is 9.80 Å². The maximum atomic E-state index is 11.8. The Morgan fingerprint density at radius 2 is 1.08 bits per heavy atom. The molecule has 0 saturated carbocycles. The SMILES string of the molecule is FC(F)(F)N1C=CN(C(F)(F)F)C1. The number of halogens is 6. The van der Waals surface area contributed by atoms with Gasteiger partial charge in [0.25, 0.3) is 0 Å². The van der Waals surface area contributed by atoms with Crippen molar-refractivity contribution in [3.05, 3.63) is 12.4 Å². The van der Waals surface area contributed by atoms with Crippen molar-refractivity contribution in [1.82, 2.24) is 9.80 Å². The van der Waals surface area contributed by atoms with Crippen LogP contribution in [0, 0.1) is 0 Å². The summed E-state index contributed by atoms with van der Waals surface area (Å²) in [5.41, 5.74) is 0. The number of nitrogens with zero attached hydrogens (tertiary/aromatic N) is 2. The molecule has 0 bridgehead atoms. The van der Waals surface area contributed by atoms with E-state index in [0.717, 1.165) is 0 Å². The van der Waals surface area contributed by atoms with Gasteiger partial charge in [0, 0.05) is 12.4 Å². The topological polar surface area (TPSA) is 6.48 Å². The van der Waals surface area contributed by atoms with Crippen LogP contribution in [0.5, 0.6) is 0 Å². The van der Waals surface area contributed by atoms with Gasteiger partial charge in [0.2, 0.25) is 0 Å². The number of alkyl halides is 6. The van der Waals surface area contributed by atoms with Crippen LogP contribution in [0.15, 0.2) is 12.4 Å². The Kier molecular flexibility index (Phi) is 2.08. The highest BCUT2D eigenvalue weighted by atomic mass is 19.4. The van der Waals surface area contributed by atoms with Gasteiger partial charge in [-0.25, -0.2) is 0 Å². The molecule has 1 aliphatic rings. The summed E-state index contributed by atoms with van der Waals surface area (Å²) < 4.78 is 70.8. The third-order valence-electron chi connectivity index (χ3n) is 1.38. The van der Waals surface area contributed by atoms with Crippen LogP contribution < -0.4 is 0 Å². The zero-order chi connectivity index (χ0) is 10.3. The second kappa shape index (κ2) is 2.71. The summed E-state index contributed by atoms with van der Waals surface area (Å²) in [6.45, 7) is -1.24. The molecule has 2 nitrogen and oxygen atoms in total. The third-order valence-corrected chi connectivity index (χ3v) is 1.38. The standard InChI is InChI=1S/C5H4F6N2/c6-4(7,8)12-1-2-13(3-12)5(9,10)11/h1-2H,3H2. The smallest absolute Gasteiger partial charge is 0.271 e. The monoisotopic (exact) mass is 206 g/mol. The van der Waals surface area contributed by atoms with Crippen LogP contribution in [-0.4, -0.2) is 29.1 Å². The van der Waals surface area contributed by atoms with E-state index in [1.807, 2.05) is 0 Å². The molecule has 0 amide bonds. The summed E-state index contributed by atoms with van der Waals surface area (Å²) in [6.07, 6.45) is -8.85. The van der Waals surface area contributed by atoms with E-state index in [2.05, 4.69) is 0 Å². The molecule has 0 aromatic heterocycles. The molecule has 0 aromatic rings. The van der Waals surface area contributed by atoms with E-state index >= 15 is 0 Å². The van der Waals surface area contributed by atoms with Gasteiger partial charge < -0.3 is 0 Å². The van der Waals surface area contributed by atoms with Gasteiger partial charge in [0.05, 0.1) is 0 Å². The first-order chi connectivity index (χ1) is 5.71. The van der Waals surface area contributed by atoms with Crippen LogP contribution in [-0.2, 0) is 0 Å². The van der Waals surface area contributed by atoms with E-state index in [1.54, 1.807) is 0 Å². The lowest BCUT2D eigenvalue weighted by Gasteiger charge is -2.24. The van der Waals surface area contributed by atoms with Crippen LogP contribution >= 0.6 is 0 Å². The van der Waals surface area contributed by atoms with E-state index in [1.165, 1.54) is 0 Å². The fraction of sp³-hybridized carbons (Fsp3) is 0.600. The fourth-order valence-electron chi connectivity index (χ4n) is 0.749. The van der Waals surface area contributed by atoms with Crippen LogP contribution in [0.4, 0.5) is 26.3 Å². The highest BCUT2D eigenvalue weighted by Gasteiger charge is 2.44. The Bertz CT molecular complexity index is 194. The van der Waals surface area contributed by atoms with Gasteiger partial charge in [-0.2, -0.15) is 26.3 Å². The quantitative estimate of drug-likeness (QED) is 0.442. The van der Waals surface area contributed by atoms with Crippen molar-refractivity contribution in [3.8, 4) is 0 Å². The predicted molar refractivity (Wildman–Crippen MR) is 29.8 cm³/mol. The fourth-order valence-corrected chi connectivity index (χ4v) is 0.749. The Balaban J connectivity index is 2.63. The summed E-state index contributed by atoms with van der Waals surface area (Å²) in [5.74, 6) is 0. The Morgan fingerprint density at radius 1 is 0.769 bits per heavy atom. The Hall–Kier alpha value is -1.08. The minimum absolute atomic E-state index is 0.341. The lowest BCUT2D eigenvalue weighted by molar-refractivity contribution is -0.265. The molecule has 0 aromatic carbocycles. The van der Waals surface area contributed by atoms with Gasteiger partial charge >= 0.3 is 12.6 Å². The molecule has 0 aliphatic carbocycles. The summed E-state index contributed by atoms with van der Waals surface area (Å²) in [5, 5.41) is 0. The summed E-state index contributed by atoms with van der Waals surface area (Å²) in [7, 11) is 0. The van der Waals surface area contributed by atoms with E-state index in [0.29, 0.717) is 12.4 Å². The summed E-state index contributed by atoms with van der Waals surface area (Å²) in [6, 6.07) is 0. The minimum Gasteiger partial charge on any atom is -0.271 e. The molecule has 0 saturated heterocycles. The van der Waals surface area contributed by atoms with Crippen LogP contribution in [0.2, 0.25) is 0 Å². The molecule has 0 radical (unpaired) electrons. The lowest BCUT2D eigenvalue weighted by atomic mass is 10.8. The van der Waals surface area contributed by atoms with Gasteiger partial charge in [0.15, 0.2) is 0 Å². The van der Waals surface area contributed by atoms with Crippen molar-refractivity contribution >= 4 is 0 Å². The molecule has 1 rings (SSSR count). The molecular weight excluding hydrogens is 202 g/mol. The van der Waals surface area contributed by atoms with Crippen molar-refractivity contribution in [2.24, 2.45) is 0 Å². The highest BCUT2D eigenvalue weighted by Crippen LogP contribution is 2.30. The van der Waals surface area contributed by atoms with E-state index in [4.69, 9.17) is 0 Å². The van der Waals surface area contributed by atoms with Crippen molar-refractivity contribution in [3.63, 3.8) is 0 Å². The minimum atomic E-state index is -4.77. The number of hydrogen-bond donors (Lipinski definition) is 0. The zero-order valence-electron chi connectivity index (χ0n) is 6.02. The molecule has 13 heavy (non-hydrogen) atoms. The molecule has 0 spiro atoms. The maximum absolute atomic E-state index is 11.8. The third kappa shape index (κ3) is 2.19. The predicted octanol–water partition coefficient (Wildman–Crippen LogP) is 2.07. The van der Waals surface area contributed by atoms with Crippen molar-refractivity contribution in [2.45, 2.75) is 12.6 Å². The molecular formula is C5H4F6N2. The zero-order valence-corrected chi connectivity index (χ0v) is 6.02. The molecule has 0 unspecified atom stereocenters. The Labute approximate surface area is 69.0 Å². The van der Waals surface area contributed by atoms with Gasteiger partial charge in [0.1, 0.15) is 6.67 Å². The molecule has 0 N–H and O–H groups in total. The van der Waals surface area contributed by atoms with Crippen LogP contribution in [0.25, 0.3) is 0 Å². The molecule has 1 aliphatic heterocycles. The normalized spacial score (nSPS) is 18.6. The molecule has 76 valence electrons. The molecule has 1 heterocycles. The lowest BCUT2D eigenvalue weighted by Crippen LogP contribution is -2.41. The van der Waals surface area contributed by atoms with E-state index in [9.17, 15) is 26.3 Å². The van der Waals surface area contributed by atoms with Gasteiger partial charge in [-0.3, -0.25) is 9.80 Å². The van der Waals surface area contributed by atoms with Gasteiger partial charge in [-0.1, -0.05) is 0 Å². The second-order valence-corrected chi connectivity index (χ2v) is 2.31. The second-order valence-electron chi connectivity index (χ2n) is 2.31. The highest BCUT2D eigenvalue weighted by molar-refractivity contribution is 4.92. The first-order valence-electron chi connectivity index (χ1n) is 3.06. The molecule has 8 heteroatoms. The summed E-state index contributed by atoms with van der Waals surface area (Å²) >= 11 is 0. The molecule has 0 fully saturated rings. The van der Waals surface area contributed by atoms with Crippen molar-refractivity contribution in [1.29, 1.82) is 0 Å². The largest absolute Gasteiger partial charge is 0.485 e. The maximum Gasteiger partial charge on any atom is 0.485 e. The number of hydrogen-bond acceptors (Lipinski definition) is 2.